The Balaban J connectivity index is 1.90. The van der Waals surface area contributed by atoms with Crippen molar-refractivity contribution in [3.05, 3.63) is 0 Å². The van der Waals surface area contributed by atoms with E-state index in [1.165, 1.54) is 4.90 Å². The summed E-state index contributed by atoms with van der Waals surface area (Å²) >= 11 is 0. The van der Waals surface area contributed by atoms with E-state index in [0.29, 0.717) is 0 Å². The van der Waals surface area contributed by atoms with Gasteiger partial charge in [-0.15, -0.1) is 0 Å². The van der Waals surface area contributed by atoms with Crippen LogP contribution in [0.3, 0.4) is 0 Å². The molecule has 5 heteroatoms. The maximum absolute atomic E-state index is 11.9. The van der Waals surface area contributed by atoms with Crippen LogP contribution in [0.2, 0.25) is 0 Å². The maximum Gasteiger partial charge on any atom is 0.235 e. The van der Waals surface area contributed by atoms with Gasteiger partial charge in [-0.05, 0) is 12.8 Å². The normalized spacial score (nSPS) is 42.9. The highest BCUT2D eigenvalue weighted by molar-refractivity contribution is 6.06. The molecule has 0 aromatic heterocycles. The van der Waals surface area contributed by atoms with Crippen molar-refractivity contribution in [3.63, 3.8) is 0 Å². The summed E-state index contributed by atoms with van der Waals surface area (Å²) in [5, 5.41) is 8.80. The van der Waals surface area contributed by atoms with E-state index in [-0.39, 0.29) is 49.0 Å². The summed E-state index contributed by atoms with van der Waals surface area (Å²) in [6.07, 6.45) is 1.66. The van der Waals surface area contributed by atoms with E-state index in [0.717, 1.165) is 12.8 Å². The van der Waals surface area contributed by atoms with Gasteiger partial charge in [0.25, 0.3) is 0 Å². The number of aliphatic hydroxyl groups excluding tert-OH is 1. The van der Waals surface area contributed by atoms with E-state index in [9.17, 15) is 9.59 Å². The van der Waals surface area contributed by atoms with Gasteiger partial charge in [0.15, 0.2) is 0 Å². The van der Waals surface area contributed by atoms with Gasteiger partial charge in [-0.3, -0.25) is 14.5 Å². The first kappa shape index (κ1) is 9.30. The molecule has 82 valence electrons. The van der Waals surface area contributed by atoms with Crippen molar-refractivity contribution in [2.75, 3.05) is 13.2 Å². The average Bonchev–Trinajstić information content (AvgIpc) is 2.87. The zero-order chi connectivity index (χ0) is 10.6. The number of fused-ring (bicyclic) bond motifs is 5. The minimum atomic E-state index is -0.261. The maximum atomic E-state index is 11.9. The van der Waals surface area contributed by atoms with E-state index in [1.54, 1.807) is 0 Å². The summed E-state index contributed by atoms with van der Waals surface area (Å²) in [4.78, 5) is 25.0. The lowest BCUT2D eigenvalue weighted by Crippen LogP contribution is -2.36. The molecule has 3 rings (SSSR count). The first-order chi connectivity index (χ1) is 7.24. The molecule has 3 aliphatic heterocycles. The van der Waals surface area contributed by atoms with Gasteiger partial charge in [-0.25, -0.2) is 0 Å². The van der Waals surface area contributed by atoms with Crippen LogP contribution in [-0.2, 0) is 14.3 Å². The Hall–Kier alpha value is -0.940. The molecule has 3 fully saturated rings. The van der Waals surface area contributed by atoms with Crippen molar-refractivity contribution in [2.45, 2.75) is 25.0 Å². The van der Waals surface area contributed by atoms with Gasteiger partial charge in [0, 0.05) is 0 Å². The summed E-state index contributed by atoms with van der Waals surface area (Å²) in [7, 11) is 0. The fraction of sp³-hybridized carbons (Fsp3) is 0.800. The van der Waals surface area contributed by atoms with Gasteiger partial charge in [-0.1, -0.05) is 0 Å². The van der Waals surface area contributed by atoms with Crippen LogP contribution in [0, 0.1) is 11.8 Å². The number of imide groups is 1. The van der Waals surface area contributed by atoms with E-state index >= 15 is 0 Å². The lowest BCUT2D eigenvalue weighted by Gasteiger charge is -2.15. The second kappa shape index (κ2) is 3.02. The molecule has 0 saturated carbocycles. The van der Waals surface area contributed by atoms with Gasteiger partial charge >= 0.3 is 0 Å². The van der Waals surface area contributed by atoms with Gasteiger partial charge in [-0.2, -0.15) is 0 Å². The van der Waals surface area contributed by atoms with Crippen molar-refractivity contribution in [1.29, 1.82) is 0 Å². The molecule has 2 amide bonds. The molecule has 1 N–H and O–H groups in total. The standard InChI is InChI=1S/C10H13NO4/c12-4-3-11-9(13)7-5-1-2-6(15-5)8(7)10(11)14/h5-8,12H,1-4H2/t5-,6-,7-,8-/m1/s1. The lowest BCUT2D eigenvalue weighted by atomic mass is 9.81. The van der Waals surface area contributed by atoms with Crippen LogP contribution in [0.15, 0.2) is 0 Å². The number of hydrogen-bond donors (Lipinski definition) is 1. The molecular formula is C10H13NO4. The topological polar surface area (TPSA) is 66.8 Å². The molecule has 0 aromatic rings. The number of carbonyl (C=O) groups is 2. The molecule has 0 aromatic carbocycles. The van der Waals surface area contributed by atoms with Crippen LogP contribution in [-0.4, -0.2) is 47.2 Å². The van der Waals surface area contributed by atoms with Crippen molar-refractivity contribution in [1.82, 2.24) is 4.90 Å². The second-order valence-electron chi connectivity index (χ2n) is 4.39. The molecule has 3 heterocycles. The van der Waals surface area contributed by atoms with E-state index in [1.807, 2.05) is 0 Å². The SMILES string of the molecule is O=C1[C@H]2[C@H](C(=O)N1CCO)[C@H]1CC[C@H]2O1. The molecule has 3 aliphatic rings. The van der Waals surface area contributed by atoms with Crippen molar-refractivity contribution < 1.29 is 19.4 Å². The molecule has 0 unspecified atom stereocenters. The smallest absolute Gasteiger partial charge is 0.235 e. The van der Waals surface area contributed by atoms with Crippen LogP contribution >= 0.6 is 0 Å². The Kier molecular flexibility index (Phi) is 1.87. The molecule has 4 atom stereocenters. The number of ether oxygens (including phenoxy) is 1. The third kappa shape index (κ3) is 1.05. The molecule has 0 spiro atoms. The van der Waals surface area contributed by atoms with E-state index < -0.39 is 0 Å². The van der Waals surface area contributed by atoms with E-state index in [4.69, 9.17) is 9.84 Å². The summed E-state index contributed by atoms with van der Waals surface area (Å²) in [6, 6.07) is 0. The summed E-state index contributed by atoms with van der Waals surface area (Å²) in [5.41, 5.74) is 0. The highest BCUT2D eigenvalue weighted by atomic mass is 16.5. The number of carbonyl (C=O) groups excluding carboxylic acids is 2. The number of aliphatic hydroxyl groups is 1. The van der Waals surface area contributed by atoms with Crippen LogP contribution in [0.5, 0.6) is 0 Å². The Labute approximate surface area is 87.0 Å². The van der Waals surface area contributed by atoms with Crippen molar-refractivity contribution in [2.24, 2.45) is 11.8 Å². The van der Waals surface area contributed by atoms with Crippen molar-refractivity contribution >= 4 is 11.8 Å². The molecule has 3 saturated heterocycles. The largest absolute Gasteiger partial charge is 0.395 e. The number of β-amino-alcohol motifs (C(OH)–C–C–N with tert-alkyl or cyclic N) is 1. The van der Waals surface area contributed by atoms with Crippen LogP contribution in [0.4, 0.5) is 0 Å². The predicted octanol–water partition coefficient (Wildman–Crippen LogP) is -0.859. The zero-order valence-electron chi connectivity index (χ0n) is 8.26. The fourth-order valence-corrected chi connectivity index (χ4v) is 3.09. The third-order valence-corrected chi connectivity index (χ3v) is 3.70. The first-order valence-electron chi connectivity index (χ1n) is 5.35. The highest BCUT2D eigenvalue weighted by Gasteiger charge is 2.62. The monoisotopic (exact) mass is 211 g/mol. The summed E-state index contributed by atoms with van der Waals surface area (Å²) < 4.78 is 5.58. The quantitative estimate of drug-likeness (QED) is 0.604. The Bertz CT molecular complexity index is 301. The highest BCUT2D eigenvalue weighted by Crippen LogP contribution is 2.48. The fourth-order valence-electron chi connectivity index (χ4n) is 3.09. The van der Waals surface area contributed by atoms with Gasteiger partial charge in [0.05, 0.1) is 37.2 Å². The number of amides is 2. The number of likely N-dealkylation sites (tertiary alicyclic amines) is 1. The zero-order valence-corrected chi connectivity index (χ0v) is 8.26. The first-order valence-corrected chi connectivity index (χ1v) is 5.35. The molecule has 2 bridgehead atoms. The van der Waals surface area contributed by atoms with Crippen LogP contribution in [0.1, 0.15) is 12.8 Å². The number of hydrogen-bond acceptors (Lipinski definition) is 4. The van der Waals surface area contributed by atoms with E-state index in [2.05, 4.69) is 0 Å². The van der Waals surface area contributed by atoms with Gasteiger partial charge in [0.2, 0.25) is 11.8 Å². The molecular weight excluding hydrogens is 198 g/mol. The summed E-state index contributed by atoms with van der Waals surface area (Å²) in [5.74, 6) is -0.817. The summed E-state index contributed by atoms with van der Waals surface area (Å²) in [6.45, 7) is -0.0305. The number of rotatable bonds is 2. The predicted molar refractivity (Wildman–Crippen MR) is 48.7 cm³/mol. The second-order valence-corrected chi connectivity index (χ2v) is 4.39. The van der Waals surface area contributed by atoms with Crippen molar-refractivity contribution in [3.8, 4) is 0 Å². The molecule has 0 aliphatic carbocycles. The molecule has 5 nitrogen and oxygen atoms in total. The minimum Gasteiger partial charge on any atom is -0.395 e. The Morgan fingerprint density at radius 2 is 1.73 bits per heavy atom. The molecule has 15 heavy (non-hydrogen) atoms. The van der Waals surface area contributed by atoms with Crippen LogP contribution < -0.4 is 0 Å². The Morgan fingerprint density at radius 3 is 2.20 bits per heavy atom. The molecule has 0 radical (unpaired) electrons. The third-order valence-electron chi connectivity index (χ3n) is 3.70. The number of nitrogens with zero attached hydrogens (tertiary/aromatic N) is 1. The minimum absolute atomic E-state index is 0.0554. The van der Waals surface area contributed by atoms with Crippen LogP contribution in [0.25, 0.3) is 0 Å². The average molecular weight is 211 g/mol. The Morgan fingerprint density at radius 1 is 1.20 bits per heavy atom. The van der Waals surface area contributed by atoms with Gasteiger partial charge in [0.1, 0.15) is 0 Å². The van der Waals surface area contributed by atoms with Gasteiger partial charge < -0.3 is 9.84 Å². The lowest BCUT2D eigenvalue weighted by molar-refractivity contribution is -0.143.